The Kier molecular flexibility index (Phi) is 4.12. The summed E-state index contributed by atoms with van der Waals surface area (Å²) in [5, 5.41) is 21.7. The van der Waals surface area contributed by atoms with Crippen LogP contribution in [0.2, 0.25) is 0 Å². The van der Waals surface area contributed by atoms with Crippen molar-refractivity contribution in [2.75, 3.05) is 20.1 Å². The van der Waals surface area contributed by atoms with E-state index < -0.39 is 5.75 Å². The number of carbonyl (C=O) groups excluding carboxylic acids is 2. The van der Waals surface area contributed by atoms with Crippen molar-refractivity contribution in [2.45, 2.75) is 12.8 Å². The number of likely N-dealkylation sites (tertiary alicyclic amines) is 1. The smallest absolute Gasteiger partial charge is 0.257 e. The van der Waals surface area contributed by atoms with Gasteiger partial charge in [-0.2, -0.15) is 0 Å². The standard InChI is InChI=1S/C14H18N2O4/c1-15-13(19)9-5-7-16(8-6-9)14(20)10-3-2-4-11(17)12(10)18/h2-4,9,17-18H,5-8H2,1H3,(H,15,19). The van der Waals surface area contributed by atoms with Gasteiger partial charge < -0.3 is 20.4 Å². The molecule has 1 saturated heterocycles. The Bertz CT molecular complexity index is 522. The predicted molar refractivity (Wildman–Crippen MR) is 72.5 cm³/mol. The van der Waals surface area contributed by atoms with E-state index >= 15 is 0 Å². The van der Waals surface area contributed by atoms with Crippen molar-refractivity contribution in [3.63, 3.8) is 0 Å². The third-order valence-electron chi connectivity index (χ3n) is 3.64. The maximum Gasteiger partial charge on any atom is 0.257 e. The number of para-hydroxylation sites is 1. The van der Waals surface area contributed by atoms with Crippen LogP contribution >= 0.6 is 0 Å². The molecule has 6 nitrogen and oxygen atoms in total. The van der Waals surface area contributed by atoms with E-state index in [0.717, 1.165) is 0 Å². The minimum atomic E-state index is -0.397. The van der Waals surface area contributed by atoms with Crippen LogP contribution in [0.1, 0.15) is 23.2 Å². The van der Waals surface area contributed by atoms with Gasteiger partial charge in [0.15, 0.2) is 11.5 Å². The fourth-order valence-electron chi connectivity index (χ4n) is 2.42. The second kappa shape index (κ2) is 5.81. The Hall–Kier alpha value is -2.24. The van der Waals surface area contributed by atoms with Crippen molar-refractivity contribution >= 4 is 11.8 Å². The Labute approximate surface area is 117 Å². The molecule has 1 aliphatic rings. The molecule has 3 N–H and O–H groups in total. The van der Waals surface area contributed by atoms with Crippen molar-refractivity contribution in [1.82, 2.24) is 10.2 Å². The summed E-state index contributed by atoms with van der Waals surface area (Å²) < 4.78 is 0. The molecular formula is C14H18N2O4. The number of hydrogen-bond donors (Lipinski definition) is 3. The SMILES string of the molecule is CNC(=O)C1CCN(C(=O)c2cccc(O)c2O)CC1. The van der Waals surface area contributed by atoms with Gasteiger partial charge in [-0.15, -0.1) is 0 Å². The zero-order valence-corrected chi connectivity index (χ0v) is 11.3. The van der Waals surface area contributed by atoms with Crippen molar-refractivity contribution in [1.29, 1.82) is 0 Å². The Morgan fingerprint density at radius 1 is 1.25 bits per heavy atom. The summed E-state index contributed by atoms with van der Waals surface area (Å²) in [6.07, 6.45) is 1.20. The van der Waals surface area contributed by atoms with E-state index in [1.165, 1.54) is 18.2 Å². The minimum Gasteiger partial charge on any atom is -0.504 e. The quantitative estimate of drug-likeness (QED) is 0.694. The maximum atomic E-state index is 12.3. The van der Waals surface area contributed by atoms with Crippen molar-refractivity contribution < 1.29 is 19.8 Å². The van der Waals surface area contributed by atoms with Crippen LogP contribution in [0.25, 0.3) is 0 Å². The molecule has 0 saturated carbocycles. The molecule has 2 rings (SSSR count). The number of benzene rings is 1. The highest BCUT2D eigenvalue weighted by molar-refractivity contribution is 5.97. The van der Waals surface area contributed by atoms with Crippen LogP contribution in [0.15, 0.2) is 18.2 Å². The van der Waals surface area contributed by atoms with Crippen molar-refractivity contribution in [3.8, 4) is 11.5 Å². The molecule has 0 bridgehead atoms. The van der Waals surface area contributed by atoms with Crippen LogP contribution in [0, 0.1) is 5.92 Å². The summed E-state index contributed by atoms with van der Waals surface area (Å²) in [7, 11) is 1.60. The van der Waals surface area contributed by atoms with Gasteiger partial charge in [0, 0.05) is 26.1 Å². The lowest BCUT2D eigenvalue weighted by Gasteiger charge is -2.31. The van der Waals surface area contributed by atoms with Crippen molar-refractivity contribution in [3.05, 3.63) is 23.8 Å². The maximum absolute atomic E-state index is 12.3. The molecule has 1 aliphatic heterocycles. The monoisotopic (exact) mass is 278 g/mol. The summed E-state index contributed by atoms with van der Waals surface area (Å²) in [6.45, 7) is 0.929. The highest BCUT2D eigenvalue weighted by Crippen LogP contribution is 2.30. The second-order valence-corrected chi connectivity index (χ2v) is 4.85. The molecule has 1 aromatic carbocycles. The molecule has 6 heteroatoms. The first-order valence-corrected chi connectivity index (χ1v) is 6.56. The number of phenols is 2. The summed E-state index contributed by atoms with van der Waals surface area (Å²) >= 11 is 0. The molecule has 0 atom stereocenters. The number of rotatable bonds is 2. The molecule has 0 spiro atoms. The lowest BCUT2D eigenvalue weighted by atomic mass is 9.95. The fraction of sp³-hybridized carbons (Fsp3) is 0.429. The third-order valence-corrected chi connectivity index (χ3v) is 3.64. The van der Waals surface area contributed by atoms with Gasteiger partial charge in [0.2, 0.25) is 5.91 Å². The summed E-state index contributed by atoms with van der Waals surface area (Å²) in [4.78, 5) is 25.4. The molecule has 1 fully saturated rings. The lowest BCUT2D eigenvalue weighted by molar-refractivity contribution is -0.125. The molecule has 2 amide bonds. The lowest BCUT2D eigenvalue weighted by Crippen LogP contribution is -2.42. The molecule has 108 valence electrons. The van der Waals surface area contributed by atoms with Gasteiger partial charge in [-0.3, -0.25) is 9.59 Å². The minimum absolute atomic E-state index is 0.00250. The number of nitrogens with one attached hydrogen (secondary N) is 1. The van der Waals surface area contributed by atoms with Gasteiger partial charge in [-0.1, -0.05) is 6.07 Å². The fourth-order valence-corrected chi connectivity index (χ4v) is 2.42. The van der Waals surface area contributed by atoms with Crippen LogP contribution < -0.4 is 5.32 Å². The molecule has 0 radical (unpaired) electrons. The molecule has 1 heterocycles. The summed E-state index contributed by atoms with van der Waals surface area (Å²) in [6, 6.07) is 4.31. The number of nitrogens with zero attached hydrogens (tertiary/aromatic N) is 1. The number of hydrogen-bond acceptors (Lipinski definition) is 4. The largest absolute Gasteiger partial charge is 0.504 e. The average Bonchev–Trinajstić information content (AvgIpc) is 2.48. The van der Waals surface area contributed by atoms with E-state index in [2.05, 4.69) is 5.32 Å². The normalized spacial score (nSPS) is 15.9. The van der Waals surface area contributed by atoms with Crippen LogP contribution in [0.5, 0.6) is 11.5 Å². The van der Waals surface area contributed by atoms with Gasteiger partial charge in [-0.25, -0.2) is 0 Å². The van der Waals surface area contributed by atoms with E-state index in [1.807, 2.05) is 0 Å². The predicted octanol–water partition coefficient (Wildman–Crippen LogP) is 0.696. The first-order chi connectivity index (χ1) is 9.54. The van der Waals surface area contributed by atoms with Gasteiger partial charge in [0.05, 0.1) is 5.56 Å². The zero-order valence-electron chi connectivity index (χ0n) is 11.3. The van der Waals surface area contributed by atoms with Crippen molar-refractivity contribution in [2.24, 2.45) is 5.92 Å². The number of amides is 2. The first-order valence-electron chi connectivity index (χ1n) is 6.56. The van der Waals surface area contributed by atoms with Gasteiger partial charge in [-0.05, 0) is 25.0 Å². The number of carbonyl (C=O) groups is 2. The summed E-state index contributed by atoms with van der Waals surface area (Å²) in [5.74, 6) is -1.10. The first kappa shape index (κ1) is 14.2. The molecule has 1 aromatic rings. The Morgan fingerprint density at radius 3 is 2.50 bits per heavy atom. The molecule has 20 heavy (non-hydrogen) atoms. The van der Waals surface area contributed by atoms with E-state index in [1.54, 1.807) is 11.9 Å². The summed E-state index contributed by atoms with van der Waals surface area (Å²) in [5.41, 5.74) is 0.0865. The average molecular weight is 278 g/mol. The van der Waals surface area contributed by atoms with E-state index in [4.69, 9.17) is 0 Å². The van der Waals surface area contributed by atoms with E-state index in [9.17, 15) is 19.8 Å². The number of aromatic hydroxyl groups is 2. The van der Waals surface area contributed by atoms with Crippen LogP contribution in [-0.4, -0.2) is 47.1 Å². The van der Waals surface area contributed by atoms with Crippen LogP contribution in [0.4, 0.5) is 0 Å². The Balaban J connectivity index is 2.05. The second-order valence-electron chi connectivity index (χ2n) is 4.85. The molecule has 0 aliphatic carbocycles. The van der Waals surface area contributed by atoms with E-state index in [-0.39, 0.29) is 29.0 Å². The molecule has 0 aromatic heterocycles. The number of piperidine rings is 1. The van der Waals surface area contributed by atoms with E-state index in [0.29, 0.717) is 25.9 Å². The number of phenolic OH excluding ortho intramolecular Hbond substituents is 2. The van der Waals surface area contributed by atoms with Gasteiger partial charge >= 0.3 is 0 Å². The Morgan fingerprint density at radius 2 is 1.90 bits per heavy atom. The zero-order chi connectivity index (χ0) is 14.7. The highest BCUT2D eigenvalue weighted by Gasteiger charge is 2.28. The topological polar surface area (TPSA) is 89.9 Å². The van der Waals surface area contributed by atoms with Gasteiger partial charge in [0.1, 0.15) is 0 Å². The van der Waals surface area contributed by atoms with Gasteiger partial charge in [0.25, 0.3) is 5.91 Å². The highest BCUT2D eigenvalue weighted by atomic mass is 16.3. The molecule has 0 unspecified atom stereocenters. The van der Waals surface area contributed by atoms with Crippen LogP contribution in [-0.2, 0) is 4.79 Å². The van der Waals surface area contributed by atoms with Crippen LogP contribution in [0.3, 0.4) is 0 Å². The molecular weight excluding hydrogens is 260 g/mol. The third kappa shape index (κ3) is 2.68.